The van der Waals surface area contributed by atoms with Crippen LogP contribution in [0.25, 0.3) is 0 Å². The van der Waals surface area contributed by atoms with Gasteiger partial charge in [-0.05, 0) is 43.1 Å². The van der Waals surface area contributed by atoms with E-state index in [9.17, 15) is 10.2 Å². The van der Waals surface area contributed by atoms with Crippen molar-refractivity contribution in [1.82, 2.24) is 4.90 Å². The number of benzene rings is 2. The van der Waals surface area contributed by atoms with Gasteiger partial charge in [-0.25, -0.2) is 0 Å². The maximum atomic E-state index is 11.3. The predicted molar refractivity (Wildman–Crippen MR) is 101 cm³/mol. The molecule has 0 aliphatic carbocycles. The van der Waals surface area contributed by atoms with Crippen LogP contribution in [-0.4, -0.2) is 49.0 Å². The molecular weight excluding hydrogens is 330 g/mol. The molecule has 3 rings (SSSR count). The quantitative estimate of drug-likeness (QED) is 0.832. The minimum absolute atomic E-state index is 0.473. The molecular formula is C21H27NO4. The molecule has 1 saturated heterocycles. The number of β-amino-alcohol motifs (C(OH)–C–C–N with tert-alkyl or cyclic N) is 2. The largest absolute Gasteiger partial charge is 0.497 e. The number of aliphatic hydroxyl groups excluding tert-OH is 1. The van der Waals surface area contributed by atoms with Gasteiger partial charge in [0.2, 0.25) is 0 Å². The van der Waals surface area contributed by atoms with E-state index in [4.69, 9.17) is 9.47 Å². The van der Waals surface area contributed by atoms with E-state index in [-0.39, 0.29) is 0 Å². The van der Waals surface area contributed by atoms with Crippen molar-refractivity contribution in [1.29, 1.82) is 0 Å². The van der Waals surface area contributed by atoms with Crippen LogP contribution >= 0.6 is 0 Å². The molecule has 2 N–H and O–H groups in total. The monoisotopic (exact) mass is 357 g/mol. The number of ether oxygens (including phenoxy) is 2. The minimum Gasteiger partial charge on any atom is -0.497 e. The van der Waals surface area contributed by atoms with Gasteiger partial charge in [-0.1, -0.05) is 30.3 Å². The van der Waals surface area contributed by atoms with Crippen molar-refractivity contribution >= 4 is 0 Å². The van der Waals surface area contributed by atoms with Crippen molar-refractivity contribution in [3.63, 3.8) is 0 Å². The lowest BCUT2D eigenvalue weighted by atomic mass is 9.85. The van der Waals surface area contributed by atoms with Gasteiger partial charge in [-0.15, -0.1) is 0 Å². The highest BCUT2D eigenvalue weighted by Gasteiger charge is 2.37. The van der Waals surface area contributed by atoms with Crippen LogP contribution in [0.5, 0.6) is 11.5 Å². The second-order valence-corrected chi connectivity index (χ2v) is 6.86. The summed E-state index contributed by atoms with van der Waals surface area (Å²) in [5, 5.41) is 21.8. The third-order valence-corrected chi connectivity index (χ3v) is 5.09. The first-order chi connectivity index (χ1) is 12.6. The highest BCUT2D eigenvalue weighted by Crippen LogP contribution is 2.37. The molecule has 2 aromatic carbocycles. The minimum atomic E-state index is -0.968. The van der Waals surface area contributed by atoms with Crippen LogP contribution in [0.1, 0.15) is 30.1 Å². The van der Waals surface area contributed by atoms with Gasteiger partial charge in [0.1, 0.15) is 17.1 Å². The molecule has 2 atom stereocenters. The van der Waals surface area contributed by atoms with Crippen molar-refractivity contribution in [2.24, 2.45) is 0 Å². The molecule has 1 aliphatic rings. The summed E-state index contributed by atoms with van der Waals surface area (Å²) >= 11 is 0. The van der Waals surface area contributed by atoms with Crippen LogP contribution in [0.4, 0.5) is 0 Å². The number of hydrogen-bond donors (Lipinski definition) is 2. The number of para-hydroxylation sites is 1. The Hall–Kier alpha value is -2.08. The Labute approximate surface area is 154 Å². The Bertz CT molecular complexity index is 718. The number of piperidine rings is 1. The summed E-state index contributed by atoms with van der Waals surface area (Å²) in [4.78, 5) is 2.12. The fourth-order valence-electron chi connectivity index (χ4n) is 3.70. The summed E-state index contributed by atoms with van der Waals surface area (Å²) in [6, 6.07) is 15.1. The number of hydrogen-bond acceptors (Lipinski definition) is 5. The standard InChI is InChI=1S/C21H27NO4/c1-25-17-10-8-16(9-11-17)19(23)14-22-13-5-12-21(24,15-22)18-6-3-4-7-20(18)26-2/h3-4,6-11,19,23-24H,5,12-15H2,1-2H3/t19-,21-/m0/s1. The lowest BCUT2D eigenvalue weighted by Crippen LogP contribution is -2.47. The van der Waals surface area contributed by atoms with E-state index in [1.54, 1.807) is 14.2 Å². The zero-order valence-corrected chi connectivity index (χ0v) is 15.4. The molecule has 1 fully saturated rings. The molecule has 0 saturated carbocycles. The van der Waals surface area contributed by atoms with Crippen molar-refractivity contribution in [2.75, 3.05) is 33.9 Å². The van der Waals surface area contributed by atoms with E-state index in [0.29, 0.717) is 25.3 Å². The molecule has 140 valence electrons. The molecule has 0 aromatic heterocycles. The molecule has 2 aromatic rings. The summed E-state index contributed by atoms with van der Waals surface area (Å²) in [5.74, 6) is 1.47. The van der Waals surface area contributed by atoms with Crippen molar-refractivity contribution in [3.8, 4) is 11.5 Å². The second kappa shape index (κ2) is 8.08. The summed E-state index contributed by atoms with van der Waals surface area (Å²) in [6.45, 7) is 1.80. The highest BCUT2D eigenvalue weighted by atomic mass is 16.5. The van der Waals surface area contributed by atoms with Gasteiger partial charge in [-0.3, -0.25) is 4.90 Å². The van der Waals surface area contributed by atoms with Gasteiger partial charge < -0.3 is 19.7 Å². The number of nitrogens with zero attached hydrogens (tertiary/aromatic N) is 1. The number of likely N-dealkylation sites (tertiary alicyclic amines) is 1. The van der Waals surface area contributed by atoms with Crippen LogP contribution < -0.4 is 9.47 Å². The van der Waals surface area contributed by atoms with Gasteiger partial charge in [0, 0.05) is 18.7 Å². The Morgan fingerprint density at radius 2 is 1.81 bits per heavy atom. The Kier molecular flexibility index (Phi) is 5.81. The van der Waals surface area contributed by atoms with E-state index in [2.05, 4.69) is 4.90 Å². The molecule has 1 heterocycles. The van der Waals surface area contributed by atoms with Crippen LogP contribution in [0, 0.1) is 0 Å². The van der Waals surface area contributed by atoms with Crippen molar-refractivity contribution in [2.45, 2.75) is 24.5 Å². The van der Waals surface area contributed by atoms with E-state index in [1.807, 2.05) is 48.5 Å². The normalized spacial score (nSPS) is 22.0. The molecule has 0 amide bonds. The second-order valence-electron chi connectivity index (χ2n) is 6.86. The maximum Gasteiger partial charge on any atom is 0.124 e. The molecule has 5 nitrogen and oxygen atoms in total. The van der Waals surface area contributed by atoms with E-state index < -0.39 is 11.7 Å². The molecule has 0 unspecified atom stereocenters. The van der Waals surface area contributed by atoms with Gasteiger partial charge in [0.15, 0.2) is 0 Å². The van der Waals surface area contributed by atoms with Gasteiger partial charge in [-0.2, -0.15) is 0 Å². The van der Waals surface area contributed by atoms with E-state index in [0.717, 1.165) is 29.8 Å². The fourth-order valence-corrected chi connectivity index (χ4v) is 3.70. The first kappa shape index (κ1) is 18.7. The molecule has 5 heteroatoms. The summed E-state index contributed by atoms with van der Waals surface area (Å²) in [6.07, 6.45) is 0.938. The van der Waals surface area contributed by atoms with E-state index in [1.165, 1.54) is 0 Å². The summed E-state index contributed by atoms with van der Waals surface area (Å²) in [5.41, 5.74) is 0.688. The zero-order valence-electron chi connectivity index (χ0n) is 15.4. The first-order valence-corrected chi connectivity index (χ1v) is 8.96. The SMILES string of the molecule is COc1ccc([C@@H](O)CN2CCC[C@@](O)(c3ccccc3OC)C2)cc1. The van der Waals surface area contributed by atoms with Crippen molar-refractivity contribution < 1.29 is 19.7 Å². The van der Waals surface area contributed by atoms with Gasteiger partial charge in [0.05, 0.1) is 20.3 Å². The van der Waals surface area contributed by atoms with Crippen LogP contribution in [0.3, 0.4) is 0 Å². The first-order valence-electron chi connectivity index (χ1n) is 8.96. The van der Waals surface area contributed by atoms with Crippen LogP contribution in [-0.2, 0) is 5.60 Å². The number of aliphatic hydroxyl groups is 2. The zero-order chi connectivity index (χ0) is 18.6. The van der Waals surface area contributed by atoms with Gasteiger partial charge in [0.25, 0.3) is 0 Å². The van der Waals surface area contributed by atoms with Gasteiger partial charge >= 0.3 is 0 Å². The van der Waals surface area contributed by atoms with Crippen LogP contribution in [0.15, 0.2) is 48.5 Å². The third-order valence-electron chi connectivity index (χ3n) is 5.09. The van der Waals surface area contributed by atoms with Crippen LogP contribution in [0.2, 0.25) is 0 Å². The molecule has 0 radical (unpaired) electrons. The highest BCUT2D eigenvalue weighted by molar-refractivity contribution is 5.38. The summed E-state index contributed by atoms with van der Waals surface area (Å²) in [7, 11) is 3.24. The average molecular weight is 357 g/mol. The molecule has 0 spiro atoms. The average Bonchev–Trinajstić information content (AvgIpc) is 2.68. The lowest BCUT2D eigenvalue weighted by Gasteiger charge is -2.40. The van der Waals surface area contributed by atoms with E-state index >= 15 is 0 Å². The smallest absolute Gasteiger partial charge is 0.124 e. The Morgan fingerprint density at radius 1 is 1.08 bits per heavy atom. The predicted octanol–water partition coefficient (Wildman–Crippen LogP) is 2.72. The number of methoxy groups -OCH3 is 2. The maximum absolute atomic E-state index is 11.3. The molecule has 1 aliphatic heterocycles. The number of rotatable bonds is 6. The topological polar surface area (TPSA) is 62.2 Å². The lowest BCUT2D eigenvalue weighted by molar-refractivity contribution is -0.0474. The molecule has 26 heavy (non-hydrogen) atoms. The Balaban J connectivity index is 1.71. The Morgan fingerprint density at radius 3 is 2.50 bits per heavy atom. The summed E-state index contributed by atoms with van der Waals surface area (Å²) < 4.78 is 10.6. The van der Waals surface area contributed by atoms with Crippen molar-refractivity contribution in [3.05, 3.63) is 59.7 Å². The fraction of sp³-hybridized carbons (Fsp3) is 0.429. The third kappa shape index (κ3) is 4.01. The molecule has 0 bridgehead atoms.